The summed E-state index contributed by atoms with van der Waals surface area (Å²) in [4.78, 5) is 32.5. The maximum absolute atomic E-state index is 13.4. The molecule has 2 unspecified atom stereocenters. The van der Waals surface area contributed by atoms with E-state index in [0.717, 1.165) is 48.2 Å². The lowest BCUT2D eigenvalue weighted by atomic mass is 9.95. The second-order valence-electron chi connectivity index (χ2n) is 10.7. The maximum atomic E-state index is 13.4. The SMILES string of the molecule is COCCCn1c(C2CCCN(C(=O)CC(N)Cc3ccc4ccccc4c3)C2)nc2ccc(C(=O)OC)cc21. The fourth-order valence-electron chi connectivity index (χ4n) is 5.81. The predicted octanol–water partition coefficient (Wildman–Crippen LogP) is 4.68. The van der Waals surface area contributed by atoms with Crippen LogP contribution in [-0.2, 0) is 27.2 Å². The molecule has 5 rings (SSSR count). The van der Waals surface area contributed by atoms with Crippen LogP contribution in [0.25, 0.3) is 21.8 Å². The summed E-state index contributed by atoms with van der Waals surface area (Å²) in [5.41, 5.74) is 9.86. The van der Waals surface area contributed by atoms with E-state index in [4.69, 9.17) is 20.2 Å². The highest BCUT2D eigenvalue weighted by atomic mass is 16.5. The van der Waals surface area contributed by atoms with Crippen LogP contribution in [-0.4, -0.2) is 66.3 Å². The molecule has 40 heavy (non-hydrogen) atoms. The molecule has 0 aliphatic carbocycles. The lowest BCUT2D eigenvalue weighted by Gasteiger charge is -2.33. The van der Waals surface area contributed by atoms with Gasteiger partial charge in [-0.15, -0.1) is 0 Å². The van der Waals surface area contributed by atoms with E-state index in [1.54, 1.807) is 13.2 Å². The smallest absolute Gasteiger partial charge is 0.337 e. The summed E-state index contributed by atoms with van der Waals surface area (Å²) in [5.74, 6) is 0.771. The molecule has 4 aromatic rings. The number of methoxy groups -OCH3 is 2. The van der Waals surface area contributed by atoms with Gasteiger partial charge in [-0.1, -0.05) is 42.5 Å². The fourth-order valence-corrected chi connectivity index (χ4v) is 5.81. The molecular weight excluding hydrogens is 504 g/mol. The summed E-state index contributed by atoms with van der Waals surface area (Å²) >= 11 is 0. The number of fused-ring (bicyclic) bond motifs is 2. The molecule has 8 heteroatoms. The highest BCUT2D eigenvalue weighted by Gasteiger charge is 2.29. The van der Waals surface area contributed by atoms with Gasteiger partial charge in [0.1, 0.15) is 5.82 Å². The molecule has 0 bridgehead atoms. The number of aromatic nitrogens is 2. The number of hydrogen-bond acceptors (Lipinski definition) is 6. The quantitative estimate of drug-likeness (QED) is 0.231. The Hall–Kier alpha value is -3.75. The van der Waals surface area contributed by atoms with Crippen LogP contribution < -0.4 is 5.73 Å². The molecule has 210 valence electrons. The zero-order valence-electron chi connectivity index (χ0n) is 23.3. The van der Waals surface area contributed by atoms with Crippen LogP contribution in [0, 0.1) is 0 Å². The fraction of sp³-hybridized carbons (Fsp3) is 0.406. The zero-order chi connectivity index (χ0) is 28.1. The summed E-state index contributed by atoms with van der Waals surface area (Å²) in [6.07, 6.45) is 3.64. The van der Waals surface area contributed by atoms with E-state index in [2.05, 4.69) is 34.9 Å². The number of benzene rings is 3. The van der Waals surface area contributed by atoms with E-state index in [0.29, 0.717) is 38.1 Å². The third-order valence-electron chi connectivity index (χ3n) is 7.82. The van der Waals surface area contributed by atoms with Crippen molar-refractivity contribution < 1.29 is 19.1 Å². The molecule has 1 aliphatic heterocycles. The minimum atomic E-state index is -0.373. The first-order valence-electron chi connectivity index (χ1n) is 14.0. The van der Waals surface area contributed by atoms with Crippen LogP contribution in [0.1, 0.15) is 53.3 Å². The minimum Gasteiger partial charge on any atom is -0.465 e. The number of likely N-dealkylation sites (tertiary alicyclic amines) is 1. The van der Waals surface area contributed by atoms with E-state index < -0.39 is 0 Å². The van der Waals surface area contributed by atoms with Gasteiger partial charge in [-0.05, 0) is 60.2 Å². The second-order valence-corrected chi connectivity index (χ2v) is 10.7. The predicted molar refractivity (Wildman–Crippen MR) is 156 cm³/mol. The van der Waals surface area contributed by atoms with Crippen LogP contribution in [0.15, 0.2) is 60.7 Å². The lowest BCUT2D eigenvalue weighted by molar-refractivity contribution is -0.132. The first-order chi connectivity index (χ1) is 19.5. The molecule has 8 nitrogen and oxygen atoms in total. The molecule has 1 aromatic heterocycles. The van der Waals surface area contributed by atoms with Gasteiger partial charge in [0, 0.05) is 51.7 Å². The van der Waals surface area contributed by atoms with Gasteiger partial charge in [-0.3, -0.25) is 4.79 Å². The van der Waals surface area contributed by atoms with Crippen LogP contribution >= 0.6 is 0 Å². The number of hydrogen-bond donors (Lipinski definition) is 1. The highest BCUT2D eigenvalue weighted by molar-refractivity contribution is 5.93. The number of esters is 1. The van der Waals surface area contributed by atoms with Crippen LogP contribution in [0.5, 0.6) is 0 Å². The van der Waals surface area contributed by atoms with Crippen molar-refractivity contribution in [2.24, 2.45) is 5.73 Å². The highest BCUT2D eigenvalue weighted by Crippen LogP contribution is 2.31. The summed E-state index contributed by atoms with van der Waals surface area (Å²) < 4.78 is 12.4. The molecule has 0 spiro atoms. The summed E-state index contributed by atoms with van der Waals surface area (Å²) in [6, 6.07) is 19.9. The van der Waals surface area contributed by atoms with Crippen molar-refractivity contribution in [3.8, 4) is 0 Å². The standard InChI is InChI=1S/C32H38N4O4/c1-39-16-6-15-36-29-19-25(32(38)40-2)12-13-28(29)34-31(36)26-9-5-14-35(21-26)30(37)20-27(33)18-22-10-11-23-7-3-4-8-24(23)17-22/h3-4,7-8,10-13,17,19,26-27H,5-6,9,14-16,18,20-21,33H2,1-2H3. The third-order valence-corrected chi connectivity index (χ3v) is 7.82. The van der Waals surface area contributed by atoms with Crippen molar-refractivity contribution in [1.29, 1.82) is 0 Å². The molecule has 3 aromatic carbocycles. The number of nitrogens with zero attached hydrogens (tertiary/aromatic N) is 3. The molecular formula is C32H38N4O4. The summed E-state index contributed by atoms with van der Waals surface area (Å²) in [5, 5.41) is 2.38. The number of piperidine rings is 1. The van der Waals surface area contributed by atoms with E-state index in [9.17, 15) is 9.59 Å². The topological polar surface area (TPSA) is 99.7 Å². The summed E-state index contributed by atoms with van der Waals surface area (Å²) in [6.45, 7) is 2.68. The normalized spacial score (nSPS) is 16.4. The number of aryl methyl sites for hydroxylation is 1. The van der Waals surface area contributed by atoms with Crippen molar-refractivity contribution in [2.75, 3.05) is 33.9 Å². The Morgan fingerprint density at radius 2 is 1.90 bits per heavy atom. The van der Waals surface area contributed by atoms with Crippen molar-refractivity contribution in [3.05, 3.63) is 77.6 Å². The van der Waals surface area contributed by atoms with Crippen molar-refractivity contribution in [3.63, 3.8) is 0 Å². The molecule has 1 saturated heterocycles. The minimum absolute atomic E-state index is 0.0908. The van der Waals surface area contributed by atoms with Gasteiger partial charge in [0.2, 0.25) is 5.91 Å². The number of amides is 1. The average Bonchev–Trinajstić information content (AvgIpc) is 3.34. The molecule has 1 aliphatic rings. The number of imidazole rings is 1. The zero-order valence-corrected chi connectivity index (χ0v) is 23.3. The molecule has 0 saturated carbocycles. The van der Waals surface area contributed by atoms with Crippen LogP contribution in [0.4, 0.5) is 0 Å². The molecule has 0 radical (unpaired) electrons. The van der Waals surface area contributed by atoms with Gasteiger partial charge in [0.15, 0.2) is 0 Å². The van der Waals surface area contributed by atoms with Gasteiger partial charge >= 0.3 is 5.97 Å². The van der Waals surface area contributed by atoms with Crippen molar-refractivity contribution >= 4 is 33.7 Å². The van der Waals surface area contributed by atoms with Gasteiger partial charge in [0.05, 0.1) is 23.7 Å². The molecule has 2 atom stereocenters. The Labute approximate surface area is 235 Å². The number of rotatable bonds is 10. The lowest BCUT2D eigenvalue weighted by Crippen LogP contribution is -2.42. The molecule has 2 N–H and O–H groups in total. The number of carbonyl (C=O) groups excluding carboxylic acids is 2. The Morgan fingerprint density at radius 3 is 2.70 bits per heavy atom. The van der Waals surface area contributed by atoms with Gasteiger partial charge in [-0.2, -0.15) is 0 Å². The van der Waals surface area contributed by atoms with Crippen LogP contribution in [0.3, 0.4) is 0 Å². The van der Waals surface area contributed by atoms with Crippen LogP contribution in [0.2, 0.25) is 0 Å². The van der Waals surface area contributed by atoms with Gasteiger partial charge < -0.3 is 24.7 Å². The molecule has 1 fully saturated rings. The average molecular weight is 543 g/mol. The Balaban J connectivity index is 1.30. The Morgan fingerprint density at radius 1 is 1.07 bits per heavy atom. The van der Waals surface area contributed by atoms with E-state index in [1.165, 1.54) is 17.9 Å². The Kier molecular flexibility index (Phi) is 8.77. The van der Waals surface area contributed by atoms with E-state index in [1.807, 2.05) is 29.2 Å². The first-order valence-corrected chi connectivity index (χ1v) is 14.0. The second kappa shape index (κ2) is 12.6. The molecule has 1 amide bonds. The number of ether oxygens (including phenoxy) is 2. The van der Waals surface area contributed by atoms with Crippen molar-refractivity contribution in [2.45, 2.75) is 50.6 Å². The Bertz CT molecular complexity index is 1500. The van der Waals surface area contributed by atoms with E-state index in [-0.39, 0.29) is 23.8 Å². The third kappa shape index (κ3) is 6.18. The van der Waals surface area contributed by atoms with Gasteiger partial charge in [0.25, 0.3) is 0 Å². The van der Waals surface area contributed by atoms with Crippen molar-refractivity contribution in [1.82, 2.24) is 14.5 Å². The summed E-state index contributed by atoms with van der Waals surface area (Å²) in [7, 11) is 3.08. The number of carbonyl (C=O) groups is 2. The monoisotopic (exact) mass is 542 g/mol. The first kappa shape index (κ1) is 27.8. The maximum Gasteiger partial charge on any atom is 0.337 e. The van der Waals surface area contributed by atoms with E-state index >= 15 is 0 Å². The van der Waals surface area contributed by atoms with Gasteiger partial charge in [-0.25, -0.2) is 9.78 Å². The largest absolute Gasteiger partial charge is 0.465 e. The molecule has 2 heterocycles. The number of nitrogens with two attached hydrogens (primary N) is 1.